The van der Waals surface area contributed by atoms with Gasteiger partial charge in [0.25, 0.3) is 0 Å². The van der Waals surface area contributed by atoms with Crippen molar-refractivity contribution in [3.8, 4) is 0 Å². The van der Waals surface area contributed by atoms with Gasteiger partial charge in [-0.05, 0) is 35.8 Å². The molecule has 0 amide bonds. The monoisotopic (exact) mass is 571 g/mol. The number of hydrogen-bond acceptors (Lipinski definition) is 7. The minimum absolute atomic E-state index is 0.931. The van der Waals surface area contributed by atoms with Crippen molar-refractivity contribution in [1.29, 1.82) is 0 Å². The third-order valence-electron chi connectivity index (χ3n) is 6.80. The summed E-state index contributed by atoms with van der Waals surface area (Å²) in [6.45, 7) is 0. The van der Waals surface area contributed by atoms with Gasteiger partial charge in [-0.15, -0.1) is 11.3 Å². The predicted octanol–water partition coefficient (Wildman–Crippen LogP) is 10.2. The van der Waals surface area contributed by atoms with Crippen molar-refractivity contribution in [2.75, 3.05) is 27.1 Å². The summed E-state index contributed by atoms with van der Waals surface area (Å²) in [5.74, 6) is 1.23. The van der Waals surface area contributed by atoms with Gasteiger partial charge in [-0.25, -0.2) is 4.98 Å². The van der Waals surface area contributed by atoms with Crippen LogP contribution in [0.2, 0.25) is 6.04 Å². The molecule has 0 radical (unpaired) electrons. The molecule has 206 valence electrons. The molecule has 36 heavy (non-hydrogen) atoms. The molecule has 0 aliphatic rings. The average Bonchev–Trinajstić information content (AvgIpc) is 3.33. The standard InChI is InChI=1S/C28H49NO3S3Si/c1-30-36(31-2,32-3)25-21-17-15-13-11-9-7-5-4-6-8-10-12-14-16-20-24-33-35-28-29-26-22-18-19-23-27(26)34-28/h18-19,22-23H,4-17,20-21,24-25H2,1-3H3. The van der Waals surface area contributed by atoms with Crippen LogP contribution in [0.4, 0.5) is 0 Å². The van der Waals surface area contributed by atoms with E-state index in [1.54, 1.807) is 21.3 Å². The molecule has 0 bridgehead atoms. The lowest BCUT2D eigenvalue weighted by molar-refractivity contribution is 0.122. The van der Waals surface area contributed by atoms with E-state index in [9.17, 15) is 0 Å². The van der Waals surface area contributed by atoms with Gasteiger partial charge in [0, 0.05) is 33.1 Å². The van der Waals surface area contributed by atoms with Gasteiger partial charge in [-0.3, -0.25) is 0 Å². The Morgan fingerprint density at radius 3 is 1.64 bits per heavy atom. The summed E-state index contributed by atoms with van der Waals surface area (Å²) >= 11 is 1.81. The fourth-order valence-electron chi connectivity index (χ4n) is 4.51. The first kappa shape index (κ1) is 32.1. The molecule has 0 N–H and O–H groups in total. The second kappa shape index (κ2) is 20.8. The second-order valence-corrected chi connectivity index (χ2v) is 16.3. The zero-order valence-corrected chi connectivity index (χ0v) is 26.4. The Balaban J connectivity index is 1.26. The van der Waals surface area contributed by atoms with Crippen LogP contribution in [0.25, 0.3) is 10.2 Å². The van der Waals surface area contributed by atoms with Crippen molar-refractivity contribution < 1.29 is 13.3 Å². The molecular weight excluding hydrogens is 523 g/mol. The number of rotatable bonds is 24. The van der Waals surface area contributed by atoms with Crippen LogP contribution in [0.15, 0.2) is 28.6 Å². The van der Waals surface area contributed by atoms with E-state index in [4.69, 9.17) is 18.3 Å². The summed E-state index contributed by atoms with van der Waals surface area (Å²) in [5, 5.41) is 0. The maximum Gasteiger partial charge on any atom is 0.500 e. The topological polar surface area (TPSA) is 40.6 Å². The van der Waals surface area contributed by atoms with Crippen molar-refractivity contribution in [2.24, 2.45) is 0 Å². The van der Waals surface area contributed by atoms with Crippen molar-refractivity contribution in [3.05, 3.63) is 24.3 Å². The Morgan fingerprint density at radius 1 is 0.667 bits per heavy atom. The Morgan fingerprint density at radius 2 is 1.14 bits per heavy atom. The number of aromatic nitrogens is 1. The summed E-state index contributed by atoms with van der Waals surface area (Å²) in [4.78, 5) is 4.69. The van der Waals surface area contributed by atoms with Crippen LogP contribution >= 0.6 is 32.9 Å². The number of unbranched alkanes of at least 4 members (excludes halogenated alkanes) is 15. The zero-order chi connectivity index (χ0) is 25.7. The molecule has 0 atom stereocenters. The van der Waals surface area contributed by atoms with Gasteiger partial charge in [-0.1, -0.05) is 113 Å². The summed E-state index contributed by atoms with van der Waals surface area (Å²) < 4.78 is 18.9. The molecule has 4 nitrogen and oxygen atoms in total. The van der Waals surface area contributed by atoms with Gasteiger partial charge in [0.1, 0.15) is 0 Å². The smallest absolute Gasteiger partial charge is 0.377 e. The summed E-state index contributed by atoms with van der Waals surface area (Å²) in [5.41, 5.74) is 1.13. The van der Waals surface area contributed by atoms with Crippen LogP contribution in [-0.4, -0.2) is 40.9 Å². The van der Waals surface area contributed by atoms with Gasteiger partial charge in [0.15, 0.2) is 4.34 Å². The third kappa shape index (κ3) is 13.6. The molecule has 8 heteroatoms. The highest BCUT2D eigenvalue weighted by Gasteiger charge is 2.36. The van der Waals surface area contributed by atoms with Crippen LogP contribution in [0.3, 0.4) is 0 Å². The number of fused-ring (bicyclic) bond motifs is 1. The molecule has 2 rings (SSSR count). The normalized spacial score (nSPS) is 12.1. The zero-order valence-electron chi connectivity index (χ0n) is 22.9. The Kier molecular flexibility index (Phi) is 18.6. The first-order valence-corrected chi connectivity index (χ1v) is 19.1. The lowest BCUT2D eigenvalue weighted by Crippen LogP contribution is -2.42. The van der Waals surface area contributed by atoms with E-state index in [0.29, 0.717) is 0 Å². The van der Waals surface area contributed by atoms with Crippen LogP contribution < -0.4 is 0 Å². The van der Waals surface area contributed by atoms with E-state index in [-0.39, 0.29) is 0 Å². The van der Waals surface area contributed by atoms with E-state index in [2.05, 4.69) is 24.3 Å². The molecule has 0 fully saturated rings. The summed E-state index contributed by atoms with van der Waals surface area (Å²) in [6.07, 6.45) is 21.9. The lowest BCUT2D eigenvalue weighted by Gasteiger charge is -2.24. The fourth-order valence-corrected chi connectivity index (χ4v) is 9.81. The van der Waals surface area contributed by atoms with Crippen LogP contribution in [0.1, 0.15) is 103 Å². The highest BCUT2D eigenvalue weighted by Crippen LogP contribution is 2.37. The van der Waals surface area contributed by atoms with Crippen molar-refractivity contribution >= 4 is 51.9 Å². The van der Waals surface area contributed by atoms with E-state index >= 15 is 0 Å². The van der Waals surface area contributed by atoms with Crippen molar-refractivity contribution in [1.82, 2.24) is 4.98 Å². The molecular formula is C28H49NO3S3Si. The number of hydrogen-bond donors (Lipinski definition) is 0. The van der Waals surface area contributed by atoms with Gasteiger partial charge in [0.05, 0.1) is 10.2 Å². The van der Waals surface area contributed by atoms with Crippen LogP contribution in [-0.2, 0) is 13.3 Å². The molecule has 1 heterocycles. The third-order valence-corrected chi connectivity index (χ3v) is 13.4. The largest absolute Gasteiger partial charge is 0.500 e. The Hall–Kier alpha value is -0.0931. The molecule has 0 saturated carbocycles. The molecule has 0 spiro atoms. The van der Waals surface area contributed by atoms with E-state index in [1.807, 2.05) is 32.9 Å². The maximum atomic E-state index is 5.49. The highest BCUT2D eigenvalue weighted by atomic mass is 33.1. The van der Waals surface area contributed by atoms with E-state index < -0.39 is 8.80 Å². The first-order valence-electron chi connectivity index (χ1n) is 14.0. The maximum absolute atomic E-state index is 5.49. The quantitative estimate of drug-likeness (QED) is 0.0709. The van der Waals surface area contributed by atoms with Gasteiger partial charge >= 0.3 is 8.80 Å². The predicted molar refractivity (Wildman–Crippen MR) is 163 cm³/mol. The van der Waals surface area contributed by atoms with Crippen LogP contribution in [0.5, 0.6) is 0 Å². The molecule has 0 saturated heterocycles. The minimum atomic E-state index is -2.35. The summed E-state index contributed by atoms with van der Waals surface area (Å²) in [7, 11) is 6.57. The van der Waals surface area contributed by atoms with Gasteiger partial charge < -0.3 is 13.3 Å². The van der Waals surface area contributed by atoms with Gasteiger partial charge in [-0.2, -0.15) is 0 Å². The number of thiazole rings is 1. The summed E-state index contributed by atoms with van der Waals surface area (Å²) in [6, 6.07) is 9.35. The van der Waals surface area contributed by atoms with E-state index in [1.165, 1.54) is 111 Å². The number of para-hydroxylation sites is 1. The van der Waals surface area contributed by atoms with Gasteiger partial charge in [0.2, 0.25) is 0 Å². The molecule has 1 aromatic carbocycles. The number of benzene rings is 1. The fraction of sp³-hybridized carbons (Fsp3) is 0.750. The van der Waals surface area contributed by atoms with Crippen LogP contribution in [0, 0.1) is 0 Å². The second-order valence-electron chi connectivity index (χ2n) is 9.56. The molecule has 1 aromatic heterocycles. The Labute approximate surface area is 233 Å². The Bertz CT molecular complexity index is 747. The van der Waals surface area contributed by atoms with Crippen molar-refractivity contribution in [2.45, 2.75) is 113 Å². The molecule has 2 aromatic rings. The lowest BCUT2D eigenvalue weighted by atomic mass is 10.0. The molecule has 0 aliphatic carbocycles. The number of nitrogens with zero attached hydrogens (tertiary/aromatic N) is 1. The van der Waals surface area contributed by atoms with E-state index in [0.717, 1.165) is 18.0 Å². The average molecular weight is 572 g/mol. The SMILES string of the molecule is CO[Si](CCCCCCCCCCCCCCCCCCSSc1nc2ccccc2s1)(OC)OC. The minimum Gasteiger partial charge on any atom is -0.377 e. The first-order chi connectivity index (χ1) is 17.7. The molecule has 0 aliphatic heterocycles. The molecule has 0 unspecified atom stereocenters. The van der Waals surface area contributed by atoms with Crippen molar-refractivity contribution in [3.63, 3.8) is 0 Å². The highest BCUT2D eigenvalue weighted by molar-refractivity contribution is 8.77.